The first-order valence-electron chi connectivity index (χ1n) is 27.3. The summed E-state index contributed by atoms with van der Waals surface area (Å²) in [6.45, 7) is 9.24. The highest BCUT2D eigenvalue weighted by molar-refractivity contribution is 7.17. The second kappa shape index (κ2) is 28.2. The molecular formula is C59H52N14O13S6. The SMILES string of the molecule is C=C(NC(=O)C(=C)NC(=O)c1csc(-c2ccc3c(n2)-c2csc(n2)-c2csc(n2)C(C(C)C(O)CO)NC(=O)C(Cc2ccc(O)cc2)NC(=O)c2csc(n2)C(C(O)c2ccccc2)NC(=O)c2nc(sc2C)C(CC(N)=O)NC(=O)c2cnc-3s2)n1)C(=O)O. The fraction of sp³-hybridized carbons (Fsp3) is 0.203. The van der Waals surface area contributed by atoms with Crippen LogP contribution in [0, 0.1) is 12.8 Å². The van der Waals surface area contributed by atoms with E-state index in [1.807, 2.05) is 5.32 Å². The van der Waals surface area contributed by atoms with Crippen LogP contribution in [0.25, 0.3) is 43.4 Å². The van der Waals surface area contributed by atoms with Crippen LogP contribution in [0.1, 0.15) is 110 Å². The number of benzene rings is 2. The molecule has 13 N–H and O–H groups in total. The third-order valence-corrected chi connectivity index (χ3v) is 19.7. The Bertz CT molecular complexity index is 4350. The highest BCUT2D eigenvalue weighted by atomic mass is 32.1. The number of nitrogens with one attached hydrogen (secondary N) is 6. The number of aliphatic hydroxyl groups excluding tert-OH is 3. The van der Waals surface area contributed by atoms with Gasteiger partial charge in [0.25, 0.3) is 29.5 Å². The fourth-order valence-corrected chi connectivity index (χ4v) is 14.4. The van der Waals surface area contributed by atoms with Gasteiger partial charge in [0.05, 0.1) is 48.8 Å². The standard InChI is InChI=1S/C59H52N14O13S6/c1-24(39(76)19-74)42-57-70-38(23-90-57)55-67-35(20-87-55)44-31(14-15-32(64-44)54-68-36(21-88-54)49(81)62-25(2)47(79)63-26(3)59(85)86)53-61-18-40(92-53)51(83)66-34(17-41(60)77)56-73-43(27(4)91-56)52(84)72-45(46(78)29-8-6-5-7-9-29)58-69-37(22-89-58)50(82)65-33(48(80)71-42)16-28-10-12-30(75)13-11-28/h5-15,18,20-24,33-34,39,42,45-46,74-76,78H,2-3,16-17,19H2,1,4H3,(H2,60,77)(H,62,81)(H,63,79)(H,65,82)(H,66,83)(H,71,80)(H,72,84)(H,85,86). The second-order valence-electron chi connectivity index (χ2n) is 20.5. The monoisotopic (exact) mass is 1360 g/mol. The molecule has 7 unspecified atom stereocenters. The number of hydrogen-bond acceptors (Lipinski definition) is 25. The lowest BCUT2D eigenvalue weighted by molar-refractivity contribution is -0.134. The van der Waals surface area contributed by atoms with Crippen molar-refractivity contribution < 1.29 is 63.9 Å². The van der Waals surface area contributed by atoms with Crippen LogP contribution in [-0.2, 0) is 25.6 Å². The summed E-state index contributed by atoms with van der Waals surface area (Å²) in [5.41, 5.74) is 6.44. The van der Waals surface area contributed by atoms with E-state index in [2.05, 4.69) is 59.7 Å². The van der Waals surface area contributed by atoms with Gasteiger partial charge in [-0.15, -0.1) is 68.0 Å². The lowest BCUT2D eigenvalue weighted by atomic mass is 9.95. The molecule has 27 nitrogen and oxygen atoms in total. The van der Waals surface area contributed by atoms with E-state index in [-0.39, 0.29) is 76.2 Å². The lowest BCUT2D eigenvalue weighted by Gasteiger charge is -2.28. The summed E-state index contributed by atoms with van der Waals surface area (Å²) in [6.07, 6.45) is -2.10. The Morgan fingerprint density at radius 3 is 2.05 bits per heavy atom. The van der Waals surface area contributed by atoms with E-state index in [9.17, 15) is 58.8 Å². The van der Waals surface area contributed by atoms with Crippen molar-refractivity contribution in [3.05, 3.63) is 172 Å². The maximum absolute atomic E-state index is 14.8. The number of thiazole rings is 6. The van der Waals surface area contributed by atoms with E-state index in [4.69, 9.17) is 25.8 Å². The van der Waals surface area contributed by atoms with Gasteiger partial charge in [0.1, 0.15) is 98.7 Å². The first-order valence-corrected chi connectivity index (χ1v) is 32.5. The van der Waals surface area contributed by atoms with Crippen LogP contribution in [-0.4, -0.2) is 126 Å². The van der Waals surface area contributed by atoms with Gasteiger partial charge in [-0.05, 0) is 42.3 Å². The van der Waals surface area contributed by atoms with Crippen molar-refractivity contribution in [2.75, 3.05) is 6.61 Å². The van der Waals surface area contributed by atoms with Gasteiger partial charge in [0, 0.05) is 44.3 Å². The number of carboxylic acid groups (broad SMARTS) is 1. The fourth-order valence-electron chi connectivity index (χ4n) is 9.14. The average molecular weight is 1360 g/mol. The number of aryl methyl sites for hydroxylation is 1. The molecule has 472 valence electrons. The molecule has 0 saturated heterocycles. The summed E-state index contributed by atoms with van der Waals surface area (Å²) in [6, 6.07) is 12.6. The highest BCUT2D eigenvalue weighted by Gasteiger charge is 2.36. The smallest absolute Gasteiger partial charge is 0.351 e. The number of nitrogens with two attached hydrogens (primary N) is 1. The maximum atomic E-state index is 14.8. The van der Waals surface area contributed by atoms with Crippen LogP contribution >= 0.6 is 68.0 Å². The van der Waals surface area contributed by atoms with Crippen molar-refractivity contribution in [1.29, 1.82) is 0 Å². The Labute approximate surface area is 545 Å². The summed E-state index contributed by atoms with van der Waals surface area (Å²) in [5, 5.41) is 75.7. The van der Waals surface area contributed by atoms with Gasteiger partial charge in [-0.2, -0.15) is 0 Å². The van der Waals surface area contributed by atoms with Crippen molar-refractivity contribution in [2.45, 2.75) is 63.1 Å². The topological polar surface area (TPSA) is 426 Å². The Morgan fingerprint density at radius 1 is 0.663 bits per heavy atom. The molecule has 0 spiro atoms. The van der Waals surface area contributed by atoms with E-state index in [0.717, 1.165) is 68.0 Å². The number of rotatable bonds is 15. The molecule has 0 fully saturated rings. The predicted octanol–water partition coefficient (Wildman–Crippen LogP) is 5.51. The van der Waals surface area contributed by atoms with Crippen LogP contribution in [0.2, 0.25) is 0 Å². The van der Waals surface area contributed by atoms with Gasteiger partial charge in [0.15, 0.2) is 0 Å². The number of hydrogen-bond donors (Lipinski definition) is 12. The zero-order valence-electron chi connectivity index (χ0n) is 48.0. The van der Waals surface area contributed by atoms with Crippen molar-refractivity contribution in [2.24, 2.45) is 11.7 Å². The molecule has 0 radical (unpaired) electrons. The summed E-state index contributed by atoms with van der Waals surface area (Å²) < 4.78 is 0. The number of aliphatic hydroxyl groups is 3. The highest BCUT2D eigenvalue weighted by Crippen LogP contribution is 2.40. The number of aromatic hydroxyl groups is 1. The Kier molecular flexibility index (Phi) is 20.0. The molecule has 1 aliphatic heterocycles. The molecule has 0 aliphatic carbocycles. The van der Waals surface area contributed by atoms with Crippen molar-refractivity contribution >= 4 is 115 Å². The number of carbonyl (C=O) groups is 8. The number of aromatic nitrogens is 7. The number of primary amides is 1. The summed E-state index contributed by atoms with van der Waals surface area (Å²) >= 11 is 6.19. The molecule has 2 aromatic carbocycles. The van der Waals surface area contributed by atoms with Crippen LogP contribution in [0.5, 0.6) is 5.75 Å². The van der Waals surface area contributed by atoms with E-state index < -0.39 is 114 Å². The first kappa shape index (κ1) is 65.2. The molecule has 9 aromatic rings. The predicted molar refractivity (Wildman–Crippen MR) is 341 cm³/mol. The third-order valence-electron chi connectivity index (χ3n) is 14.0. The molecule has 10 bridgehead atoms. The Balaban J connectivity index is 1.06. The number of carboxylic acids is 1. The van der Waals surface area contributed by atoms with Crippen LogP contribution in [0.3, 0.4) is 0 Å². The number of amides is 7. The molecule has 1 aliphatic rings. The molecule has 7 atom stereocenters. The van der Waals surface area contributed by atoms with E-state index in [1.54, 1.807) is 79.2 Å². The van der Waals surface area contributed by atoms with Crippen LogP contribution < -0.4 is 37.6 Å². The lowest BCUT2D eigenvalue weighted by Crippen LogP contribution is -2.50. The molecule has 92 heavy (non-hydrogen) atoms. The zero-order valence-corrected chi connectivity index (χ0v) is 52.9. The van der Waals surface area contributed by atoms with Gasteiger partial charge in [0.2, 0.25) is 11.8 Å². The number of phenols is 1. The number of fused-ring (bicyclic) bond motifs is 14. The van der Waals surface area contributed by atoms with E-state index >= 15 is 0 Å². The van der Waals surface area contributed by atoms with Gasteiger partial charge < -0.3 is 63.2 Å². The minimum Gasteiger partial charge on any atom is -0.508 e. The number of carbonyl (C=O) groups excluding carboxylic acids is 7. The van der Waals surface area contributed by atoms with E-state index in [1.165, 1.54) is 29.1 Å². The van der Waals surface area contributed by atoms with E-state index in [0.29, 0.717) is 32.3 Å². The minimum absolute atomic E-state index is 0.0523. The Morgan fingerprint density at radius 2 is 1.34 bits per heavy atom. The van der Waals surface area contributed by atoms with Crippen LogP contribution in [0.4, 0.5) is 0 Å². The molecular weight excluding hydrogens is 1310 g/mol. The molecule has 0 saturated carbocycles. The van der Waals surface area contributed by atoms with Crippen LogP contribution in [0.15, 0.2) is 119 Å². The number of phenolic OH excluding ortho intramolecular Hbond substituents is 1. The quantitative estimate of drug-likeness (QED) is 0.0563. The van der Waals surface area contributed by atoms with Crippen molar-refractivity contribution in [3.63, 3.8) is 0 Å². The summed E-state index contributed by atoms with van der Waals surface area (Å²) in [7, 11) is 0. The zero-order chi connectivity index (χ0) is 65.7. The first-order chi connectivity index (χ1) is 44.0. The minimum atomic E-state index is -1.50. The van der Waals surface area contributed by atoms with Gasteiger partial charge in [-0.25, -0.2) is 39.7 Å². The van der Waals surface area contributed by atoms with Gasteiger partial charge in [-0.1, -0.05) is 62.5 Å². The molecule has 10 rings (SSSR count). The van der Waals surface area contributed by atoms with Gasteiger partial charge >= 0.3 is 5.97 Å². The molecule has 7 amide bonds. The summed E-state index contributed by atoms with van der Waals surface area (Å²) in [5.74, 6) is -8.20. The second-order valence-corrected chi connectivity index (χ2v) is 26.2. The maximum Gasteiger partial charge on any atom is 0.351 e. The summed E-state index contributed by atoms with van der Waals surface area (Å²) in [4.78, 5) is 141. The Hall–Kier alpha value is -9.71. The molecule has 33 heteroatoms. The average Bonchev–Trinajstić information content (AvgIpc) is 1.61. The van der Waals surface area contributed by atoms with Crippen molar-refractivity contribution in [1.82, 2.24) is 66.8 Å². The van der Waals surface area contributed by atoms with Crippen molar-refractivity contribution in [3.8, 4) is 49.1 Å². The largest absolute Gasteiger partial charge is 0.508 e. The number of aliphatic carboxylic acids is 1. The normalized spacial score (nSPS) is 17.1. The number of pyridine rings is 1. The molecule has 8 heterocycles. The van der Waals surface area contributed by atoms with Gasteiger partial charge in [-0.3, -0.25) is 33.6 Å². The molecule has 7 aromatic heterocycles. The number of nitrogens with zero attached hydrogens (tertiary/aromatic N) is 7. The third kappa shape index (κ3) is 14.9.